The molecule has 0 bridgehead atoms. The second kappa shape index (κ2) is 9.32. The minimum Gasteiger partial charge on any atom is -0.466 e. The molecule has 1 aromatic heterocycles. The number of rotatable bonds is 6. The van der Waals surface area contributed by atoms with E-state index in [4.69, 9.17) is 16.3 Å². The van der Waals surface area contributed by atoms with Crippen LogP contribution in [0.5, 0.6) is 0 Å². The summed E-state index contributed by atoms with van der Waals surface area (Å²) in [5.74, 6) is -1.31. The van der Waals surface area contributed by atoms with E-state index in [9.17, 15) is 14.0 Å². The highest BCUT2D eigenvalue weighted by Gasteiger charge is 2.38. The molecule has 3 aromatic rings. The van der Waals surface area contributed by atoms with E-state index in [0.29, 0.717) is 27.9 Å². The molecule has 0 amide bonds. The number of carbonyl (C=O) groups is 1. The fourth-order valence-electron chi connectivity index (χ4n) is 4.27. The Morgan fingerprint density at radius 2 is 1.94 bits per heavy atom. The molecule has 0 fully saturated rings. The molecule has 4 rings (SSSR count). The van der Waals surface area contributed by atoms with Crippen LogP contribution in [0.2, 0.25) is 5.02 Å². The molecule has 1 heterocycles. The number of hydrogen-bond acceptors (Lipinski definition) is 3. The number of pyridine rings is 1. The topological polar surface area (TPSA) is 48.3 Å². The predicted octanol–water partition coefficient (Wildman–Crippen LogP) is 5.65. The summed E-state index contributed by atoms with van der Waals surface area (Å²) in [5.41, 5.74) is -0.0603. The van der Waals surface area contributed by atoms with Gasteiger partial charge in [-0.2, -0.15) is 0 Å². The molecule has 0 N–H and O–H groups in total. The van der Waals surface area contributed by atoms with E-state index in [1.54, 1.807) is 54.1 Å². The third-order valence-corrected chi connectivity index (χ3v) is 6.13. The number of ether oxygens (including phenoxy) is 1. The summed E-state index contributed by atoms with van der Waals surface area (Å²) in [7, 11) is 0. The van der Waals surface area contributed by atoms with Gasteiger partial charge >= 0.3 is 5.97 Å². The largest absolute Gasteiger partial charge is 0.466 e. The Morgan fingerprint density at radius 3 is 2.64 bits per heavy atom. The quantitative estimate of drug-likeness (QED) is 0.438. The molecule has 0 radical (unpaired) electrons. The number of aromatic nitrogens is 1. The molecule has 0 saturated heterocycles. The van der Waals surface area contributed by atoms with Crippen LogP contribution in [-0.2, 0) is 27.9 Å². The maximum absolute atomic E-state index is 15.5. The van der Waals surface area contributed by atoms with Crippen LogP contribution in [0.4, 0.5) is 8.78 Å². The first-order valence-corrected chi connectivity index (χ1v) is 11.0. The minimum atomic E-state index is -1.12. The lowest BCUT2D eigenvalue weighted by Gasteiger charge is -2.35. The highest BCUT2D eigenvalue weighted by Crippen LogP contribution is 2.41. The van der Waals surface area contributed by atoms with Gasteiger partial charge in [0.1, 0.15) is 11.6 Å². The molecule has 1 aliphatic rings. The van der Waals surface area contributed by atoms with Gasteiger partial charge in [-0.25, -0.2) is 8.78 Å². The zero-order chi connectivity index (χ0) is 23.6. The van der Waals surface area contributed by atoms with Crippen molar-refractivity contribution >= 4 is 28.5 Å². The second-order valence-electron chi connectivity index (χ2n) is 7.99. The van der Waals surface area contributed by atoms with Gasteiger partial charge in [0.05, 0.1) is 24.0 Å². The van der Waals surface area contributed by atoms with Crippen LogP contribution in [0.3, 0.4) is 0 Å². The first kappa shape index (κ1) is 22.9. The number of fused-ring (bicyclic) bond motifs is 1. The van der Waals surface area contributed by atoms with Gasteiger partial charge in [0.2, 0.25) is 0 Å². The molecule has 1 unspecified atom stereocenters. The summed E-state index contributed by atoms with van der Waals surface area (Å²) in [4.78, 5) is 25.2. The van der Waals surface area contributed by atoms with Gasteiger partial charge in [-0.15, -0.1) is 0 Å². The maximum atomic E-state index is 15.5. The van der Waals surface area contributed by atoms with E-state index < -0.39 is 17.2 Å². The fourth-order valence-corrected chi connectivity index (χ4v) is 4.44. The van der Waals surface area contributed by atoms with Crippen LogP contribution in [0.25, 0.3) is 10.9 Å². The SMILES string of the molecule is CCOC(=O)Cc1cn(CC2(c3ccc(F)cc3)CC=CC=C2F)c2cc(Cl)ccc2c1=O. The van der Waals surface area contributed by atoms with Gasteiger partial charge in [-0.1, -0.05) is 35.9 Å². The number of allylic oxidation sites excluding steroid dienone is 4. The summed E-state index contributed by atoms with van der Waals surface area (Å²) in [6.45, 7) is 2.00. The summed E-state index contributed by atoms with van der Waals surface area (Å²) < 4.78 is 35.9. The standard InChI is InChI=1S/C26H22ClF2NO3/c1-2-33-24(31)13-17-15-30(22-14-19(27)8-11-21(22)25(17)32)16-26(12-4-3-5-23(26)29)18-6-9-20(28)10-7-18/h3-11,14-15H,2,12-13,16H2,1H3. The Kier molecular flexibility index (Phi) is 6.47. The van der Waals surface area contributed by atoms with Gasteiger partial charge in [0, 0.05) is 28.7 Å². The molecule has 170 valence electrons. The highest BCUT2D eigenvalue weighted by atomic mass is 35.5. The summed E-state index contributed by atoms with van der Waals surface area (Å²) in [6.07, 6.45) is 6.58. The molecule has 0 aliphatic heterocycles. The van der Waals surface area contributed by atoms with E-state index in [1.165, 1.54) is 18.2 Å². The Balaban J connectivity index is 1.90. The molecular formula is C26H22ClF2NO3. The average Bonchev–Trinajstić information content (AvgIpc) is 2.79. The van der Waals surface area contributed by atoms with E-state index in [-0.39, 0.29) is 36.4 Å². The lowest BCUT2D eigenvalue weighted by Crippen LogP contribution is -2.34. The van der Waals surface area contributed by atoms with Crippen molar-refractivity contribution in [1.29, 1.82) is 0 Å². The highest BCUT2D eigenvalue weighted by molar-refractivity contribution is 6.31. The van der Waals surface area contributed by atoms with Crippen molar-refractivity contribution in [2.24, 2.45) is 0 Å². The maximum Gasteiger partial charge on any atom is 0.310 e. The Morgan fingerprint density at radius 1 is 1.18 bits per heavy atom. The lowest BCUT2D eigenvalue weighted by atomic mass is 9.74. The van der Waals surface area contributed by atoms with Gasteiger partial charge < -0.3 is 9.30 Å². The minimum absolute atomic E-state index is 0.109. The molecular weight excluding hydrogens is 448 g/mol. The van der Waals surface area contributed by atoms with Crippen LogP contribution in [0.1, 0.15) is 24.5 Å². The number of nitrogens with zero attached hydrogens (tertiary/aromatic N) is 1. The number of benzene rings is 2. The van der Waals surface area contributed by atoms with Crippen LogP contribution in [0.15, 0.2) is 77.5 Å². The van der Waals surface area contributed by atoms with Gasteiger partial charge in [0.25, 0.3) is 0 Å². The fraction of sp³-hybridized carbons (Fsp3) is 0.231. The van der Waals surface area contributed by atoms with Crippen LogP contribution >= 0.6 is 11.6 Å². The summed E-state index contributed by atoms with van der Waals surface area (Å²) in [6, 6.07) is 10.6. The van der Waals surface area contributed by atoms with Crippen molar-refractivity contribution in [2.45, 2.75) is 31.7 Å². The molecule has 4 nitrogen and oxygen atoms in total. The number of esters is 1. The smallest absolute Gasteiger partial charge is 0.310 e. The van der Waals surface area contributed by atoms with Crippen molar-refractivity contribution in [3.63, 3.8) is 0 Å². The zero-order valence-electron chi connectivity index (χ0n) is 18.0. The van der Waals surface area contributed by atoms with E-state index >= 15 is 4.39 Å². The monoisotopic (exact) mass is 469 g/mol. The lowest BCUT2D eigenvalue weighted by molar-refractivity contribution is -0.142. The molecule has 1 aliphatic carbocycles. The first-order valence-electron chi connectivity index (χ1n) is 10.6. The van der Waals surface area contributed by atoms with Crippen LogP contribution < -0.4 is 5.43 Å². The van der Waals surface area contributed by atoms with Gasteiger partial charge in [-0.05, 0) is 55.3 Å². The Hall–Kier alpha value is -3.25. The van der Waals surface area contributed by atoms with E-state index in [0.717, 1.165) is 0 Å². The van der Waals surface area contributed by atoms with Gasteiger partial charge in [-0.3, -0.25) is 9.59 Å². The van der Waals surface area contributed by atoms with Crippen molar-refractivity contribution in [3.05, 3.63) is 105 Å². The van der Waals surface area contributed by atoms with E-state index in [2.05, 4.69) is 0 Å². The Labute approximate surface area is 194 Å². The van der Waals surface area contributed by atoms with Crippen LogP contribution in [0, 0.1) is 5.82 Å². The third kappa shape index (κ3) is 4.48. The molecule has 0 saturated carbocycles. The molecule has 33 heavy (non-hydrogen) atoms. The predicted molar refractivity (Wildman–Crippen MR) is 125 cm³/mol. The summed E-state index contributed by atoms with van der Waals surface area (Å²) >= 11 is 6.22. The zero-order valence-corrected chi connectivity index (χ0v) is 18.7. The van der Waals surface area contributed by atoms with Gasteiger partial charge in [0.15, 0.2) is 5.43 Å². The number of halogens is 3. The normalized spacial score (nSPS) is 17.8. The van der Waals surface area contributed by atoms with Crippen molar-refractivity contribution in [2.75, 3.05) is 6.61 Å². The average molecular weight is 470 g/mol. The number of carbonyl (C=O) groups excluding carboxylic acids is 1. The third-order valence-electron chi connectivity index (χ3n) is 5.90. The second-order valence-corrected chi connectivity index (χ2v) is 8.43. The molecule has 1 atom stereocenters. The van der Waals surface area contributed by atoms with E-state index in [1.807, 2.05) is 6.08 Å². The van der Waals surface area contributed by atoms with Crippen molar-refractivity contribution in [3.8, 4) is 0 Å². The summed E-state index contributed by atoms with van der Waals surface area (Å²) in [5, 5.41) is 0.787. The number of hydrogen-bond donors (Lipinski definition) is 0. The molecule has 0 spiro atoms. The Bertz CT molecular complexity index is 1330. The van der Waals surface area contributed by atoms with Crippen LogP contribution in [-0.4, -0.2) is 17.1 Å². The molecule has 7 heteroatoms. The first-order chi connectivity index (χ1) is 15.8. The molecule has 2 aromatic carbocycles. The van der Waals surface area contributed by atoms with Crippen molar-refractivity contribution < 1.29 is 18.3 Å². The van der Waals surface area contributed by atoms with Crippen molar-refractivity contribution in [1.82, 2.24) is 4.57 Å².